The molecule has 0 aromatic carbocycles. The summed E-state index contributed by atoms with van der Waals surface area (Å²) >= 11 is 0. The van der Waals surface area contributed by atoms with Gasteiger partial charge in [0.1, 0.15) is 11.6 Å². The van der Waals surface area contributed by atoms with Crippen LogP contribution in [0.5, 0.6) is 0 Å². The predicted molar refractivity (Wildman–Crippen MR) is 92.7 cm³/mol. The van der Waals surface area contributed by atoms with Crippen molar-refractivity contribution in [2.75, 3.05) is 6.61 Å². The number of amides is 3. The largest absolute Gasteiger partial charge is 0.454 e. The van der Waals surface area contributed by atoms with E-state index < -0.39 is 30.1 Å². The minimum atomic E-state index is -1.06. The molecule has 0 spiro atoms. The fourth-order valence-electron chi connectivity index (χ4n) is 4.48. The lowest BCUT2D eigenvalue weighted by atomic mass is 9.81. The number of imide groups is 1. The van der Waals surface area contributed by atoms with Crippen LogP contribution < -0.4 is 5.32 Å². The van der Waals surface area contributed by atoms with Gasteiger partial charge in [0.05, 0.1) is 17.9 Å². The Morgan fingerprint density at radius 3 is 2.26 bits per heavy atom. The fourth-order valence-corrected chi connectivity index (χ4v) is 4.48. The average Bonchev–Trinajstić information content (AvgIpc) is 3.23. The van der Waals surface area contributed by atoms with Crippen LogP contribution in [0.1, 0.15) is 58.3 Å². The number of hydrogen-bond acceptors (Lipinski definition) is 6. The Labute approximate surface area is 158 Å². The predicted octanol–water partition coefficient (Wildman–Crippen LogP) is 1.05. The number of rotatable bonds is 5. The number of nitrogens with zero attached hydrogens (tertiary/aromatic N) is 2. The van der Waals surface area contributed by atoms with Crippen molar-refractivity contribution >= 4 is 23.7 Å². The van der Waals surface area contributed by atoms with E-state index in [1.54, 1.807) is 0 Å². The zero-order chi connectivity index (χ0) is 19.6. The second-order valence-corrected chi connectivity index (χ2v) is 7.78. The van der Waals surface area contributed by atoms with Crippen LogP contribution in [-0.2, 0) is 23.9 Å². The molecule has 2 aliphatic carbocycles. The van der Waals surface area contributed by atoms with Crippen molar-refractivity contribution in [3.05, 3.63) is 0 Å². The van der Waals surface area contributed by atoms with Gasteiger partial charge in [-0.05, 0) is 45.4 Å². The van der Waals surface area contributed by atoms with Crippen LogP contribution in [-0.4, -0.2) is 46.8 Å². The third kappa shape index (κ3) is 3.68. The Kier molecular flexibility index (Phi) is 5.49. The maximum absolute atomic E-state index is 12.5. The number of fused-ring (bicyclic) bond motifs is 1. The van der Waals surface area contributed by atoms with Gasteiger partial charge in [-0.15, -0.1) is 0 Å². The number of ether oxygens (including phenoxy) is 1. The number of likely N-dealkylation sites (tertiary alicyclic amines) is 1. The first-order valence-corrected chi connectivity index (χ1v) is 9.64. The van der Waals surface area contributed by atoms with Gasteiger partial charge in [-0.1, -0.05) is 12.8 Å². The Morgan fingerprint density at radius 1 is 1.19 bits per heavy atom. The second kappa shape index (κ2) is 7.67. The molecular weight excluding hydrogens is 350 g/mol. The Bertz CT molecular complexity index is 668. The minimum absolute atomic E-state index is 0.312. The molecule has 3 aliphatic rings. The van der Waals surface area contributed by atoms with E-state index in [0.29, 0.717) is 25.7 Å². The summed E-state index contributed by atoms with van der Waals surface area (Å²) in [5.74, 6) is -2.62. The molecule has 1 saturated heterocycles. The molecule has 8 nitrogen and oxygen atoms in total. The second-order valence-electron chi connectivity index (χ2n) is 7.78. The number of nitriles is 1. The van der Waals surface area contributed by atoms with Crippen molar-refractivity contribution in [2.45, 2.75) is 69.9 Å². The van der Waals surface area contributed by atoms with Gasteiger partial charge in [-0.3, -0.25) is 19.3 Å². The third-order valence-electron chi connectivity index (χ3n) is 6.00. The molecule has 0 radical (unpaired) electrons. The first-order chi connectivity index (χ1) is 12.9. The summed E-state index contributed by atoms with van der Waals surface area (Å²) in [6.45, 7) is 0.913. The van der Waals surface area contributed by atoms with E-state index in [1.165, 1.54) is 6.92 Å². The monoisotopic (exact) mass is 375 g/mol. The van der Waals surface area contributed by atoms with Gasteiger partial charge in [0.15, 0.2) is 6.61 Å². The van der Waals surface area contributed by atoms with E-state index in [-0.39, 0.29) is 23.7 Å². The van der Waals surface area contributed by atoms with Gasteiger partial charge >= 0.3 is 5.97 Å². The van der Waals surface area contributed by atoms with Gasteiger partial charge in [-0.25, -0.2) is 4.79 Å². The third-order valence-corrected chi connectivity index (χ3v) is 6.00. The molecule has 0 unspecified atom stereocenters. The van der Waals surface area contributed by atoms with Gasteiger partial charge in [0.2, 0.25) is 11.8 Å². The van der Waals surface area contributed by atoms with Crippen molar-refractivity contribution < 1.29 is 23.9 Å². The molecule has 3 amide bonds. The van der Waals surface area contributed by atoms with Crippen LogP contribution in [0.3, 0.4) is 0 Å². The summed E-state index contributed by atoms with van der Waals surface area (Å²) in [5.41, 5.74) is -0.883. The van der Waals surface area contributed by atoms with E-state index in [9.17, 15) is 24.4 Å². The summed E-state index contributed by atoms with van der Waals surface area (Å²) in [6, 6.07) is 1.08. The van der Waals surface area contributed by atoms with Crippen LogP contribution in [0.25, 0.3) is 0 Å². The molecule has 2 saturated carbocycles. The average molecular weight is 375 g/mol. The minimum Gasteiger partial charge on any atom is -0.454 e. The molecule has 1 heterocycles. The number of nitrogens with one attached hydrogen (secondary N) is 1. The molecular formula is C19H25N3O5. The molecule has 0 aromatic heterocycles. The highest BCUT2D eigenvalue weighted by Gasteiger charge is 2.51. The summed E-state index contributed by atoms with van der Waals surface area (Å²) in [4.78, 5) is 50.4. The van der Waals surface area contributed by atoms with Crippen molar-refractivity contribution in [3.63, 3.8) is 0 Å². The van der Waals surface area contributed by atoms with Crippen LogP contribution in [0, 0.1) is 23.2 Å². The van der Waals surface area contributed by atoms with Crippen LogP contribution in [0.15, 0.2) is 0 Å². The van der Waals surface area contributed by atoms with E-state index in [1.807, 2.05) is 0 Å². The maximum Gasteiger partial charge on any atom is 0.329 e. The van der Waals surface area contributed by atoms with Gasteiger partial charge in [-0.2, -0.15) is 5.26 Å². The first-order valence-electron chi connectivity index (χ1n) is 9.64. The van der Waals surface area contributed by atoms with Crippen molar-refractivity contribution in [2.24, 2.45) is 11.8 Å². The van der Waals surface area contributed by atoms with Crippen molar-refractivity contribution in [3.8, 4) is 6.07 Å². The van der Waals surface area contributed by atoms with Crippen molar-refractivity contribution in [1.82, 2.24) is 10.2 Å². The van der Waals surface area contributed by atoms with E-state index in [2.05, 4.69) is 11.4 Å². The quantitative estimate of drug-likeness (QED) is 0.567. The number of hydrogen-bond donors (Lipinski definition) is 1. The van der Waals surface area contributed by atoms with E-state index in [0.717, 1.165) is 30.6 Å². The highest BCUT2D eigenvalue weighted by Crippen LogP contribution is 2.38. The number of carbonyl (C=O) groups is 4. The van der Waals surface area contributed by atoms with Crippen LogP contribution in [0.2, 0.25) is 0 Å². The lowest BCUT2D eigenvalue weighted by molar-refractivity contribution is -0.159. The molecule has 8 heteroatoms. The normalized spacial score (nSPS) is 27.6. The Balaban J connectivity index is 1.55. The SMILES string of the molecule is C[C@@H](C(=O)OCC(=O)NC1(C#N)CCCC1)N1C(=O)[C@H]2CCCC[C@H]2C1=O. The Morgan fingerprint density at radius 2 is 1.74 bits per heavy atom. The molecule has 0 bridgehead atoms. The lowest BCUT2D eigenvalue weighted by Gasteiger charge is -2.23. The maximum atomic E-state index is 12.5. The van der Waals surface area contributed by atoms with Crippen molar-refractivity contribution in [1.29, 1.82) is 5.26 Å². The lowest BCUT2D eigenvalue weighted by Crippen LogP contribution is -2.48. The van der Waals surface area contributed by atoms with Gasteiger partial charge in [0.25, 0.3) is 5.91 Å². The topological polar surface area (TPSA) is 117 Å². The number of carbonyl (C=O) groups excluding carboxylic acids is 4. The molecule has 27 heavy (non-hydrogen) atoms. The standard InChI is InChI=1S/C19H25N3O5/c1-12(22-16(24)13-6-2-3-7-14(13)17(22)25)18(26)27-10-15(23)21-19(11-20)8-4-5-9-19/h12-14H,2-10H2,1H3,(H,21,23)/t12-,13-,14+/m0/s1. The highest BCUT2D eigenvalue weighted by molar-refractivity contribution is 6.07. The summed E-state index contributed by atoms with van der Waals surface area (Å²) < 4.78 is 5.02. The van der Waals surface area contributed by atoms with Gasteiger partial charge in [0, 0.05) is 0 Å². The molecule has 1 aliphatic heterocycles. The summed E-state index contributed by atoms with van der Waals surface area (Å²) in [5, 5.41) is 11.9. The first kappa shape index (κ1) is 19.3. The smallest absolute Gasteiger partial charge is 0.329 e. The van der Waals surface area contributed by atoms with E-state index >= 15 is 0 Å². The highest BCUT2D eigenvalue weighted by atomic mass is 16.5. The zero-order valence-electron chi connectivity index (χ0n) is 15.5. The molecule has 3 rings (SSSR count). The summed E-state index contributed by atoms with van der Waals surface area (Å²) in [7, 11) is 0. The zero-order valence-corrected chi connectivity index (χ0v) is 15.5. The fraction of sp³-hybridized carbons (Fsp3) is 0.737. The van der Waals surface area contributed by atoms with Crippen LogP contribution >= 0.6 is 0 Å². The van der Waals surface area contributed by atoms with E-state index in [4.69, 9.17) is 4.74 Å². The molecule has 146 valence electrons. The summed E-state index contributed by atoms with van der Waals surface area (Å²) in [6.07, 6.45) is 6.07. The number of esters is 1. The van der Waals surface area contributed by atoms with Gasteiger partial charge < -0.3 is 10.1 Å². The molecule has 1 N–H and O–H groups in total. The molecule has 3 atom stereocenters. The molecule has 0 aromatic rings. The molecule has 3 fully saturated rings. The van der Waals surface area contributed by atoms with Crippen LogP contribution in [0.4, 0.5) is 0 Å². The Hall–Kier alpha value is -2.43.